The standard InChI is InChI=1S/C20H17FN4O3/c1-12-8-16(19(26)22-10-13-2-4-14(21)5-3-13)25-20(23-12)24-15-6-7-17-18(9-15)28-11-27-17/h2-9H,10-11H2,1H3,(H,22,26)(H,23,24,25). The molecule has 0 saturated heterocycles. The summed E-state index contributed by atoms with van der Waals surface area (Å²) in [6, 6.07) is 12.9. The minimum Gasteiger partial charge on any atom is -0.454 e. The Balaban J connectivity index is 1.47. The highest BCUT2D eigenvalue weighted by Gasteiger charge is 2.15. The van der Waals surface area contributed by atoms with Crippen LogP contribution in [0.15, 0.2) is 48.5 Å². The van der Waals surface area contributed by atoms with Gasteiger partial charge in [-0.15, -0.1) is 0 Å². The first kappa shape index (κ1) is 17.7. The predicted molar refractivity (Wildman–Crippen MR) is 100 cm³/mol. The van der Waals surface area contributed by atoms with Crippen molar-refractivity contribution < 1.29 is 18.7 Å². The van der Waals surface area contributed by atoms with Gasteiger partial charge in [0.05, 0.1) is 0 Å². The zero-order chi connectivity index (χ0) is 19.5. The van der Waals surface area contributed by atoms with Crippen molar-refractivity contribution in [1.29, 1.82) is 0 Å². The summed E-state index contributed by atoms with van der Waals surface area (Å²) in [4.78, 5) is 21.1. The Bertz CT molecular complexity index is 1020. The van der Waals surface area contributed by atoms with Crippen LogP contribution in [0.4, 0.5) is 16.0 Å². The number of halogens is 1. The van der Waals surface area contributed by atoms with E-state index in [9.17, 15) is 9.18 Å². The molecule has 0 spiro atoms. The molecule has 8 heteroatoms. The molecule has 1 aromatic heterocycles. The van der Waals surface area contributed by atoms with E-state index in [1.807, 2.05) is 6.07 Å². The van der Waals surface area contributed by atoms with Gasteiger partial charge in [0, 0.05) is 24.0 Å². The number of rotatable bonds is 5. The molecule has 1 amide bonds. The molecule has 0 atom stereocenters. The van der Waals surface area contributed by atoms with Crippen LogP contribution < -0.4 is 20.1 Å². The van der Waals surface area contributed by atoms with Crippen LogP contribution in [0, 0.1) is 12.7 Å². The van der Waals surface area contributed by atoms with Crippen molar-refractivity contribution in [3.8, 4) is 11.5 Å². The first-order chi connectivity index (χ1) is 13.6. The van der Waals surface area contributed by atoms with Crippen molar-refractivity contribution in [2.75, 3.05) is 12.1 Å². The molecule has 0 radical (unpaired) electrons. The number of benzene rings is 2. The molecule has 1 aliphatic heterocycles. The molecule has 0 aliphatic carbocycles. The van der Waals surface area contributed by atoms with Crippen LogP contribution in [-0.2, 0) is 6.54 Å². The van der Waals surface area contributed by atoms with Crippen LogP contribution in [0.25, 0.3) is 0 Å². The van der Waals surface area contributed by atoms with E-state index < -0.39 is 0 Å². The topological polar surface area (TPSA) is 85.4 Å². The number of nitrogens with one attached hydrogen (secondary N) is 2. The average molecular weight is 380 g/mol. The number of fused-ring (bicyclic) bond motifs is 1. The SMILES string of the molecule is Cc1cc(C(=O)NCc2ccc(F)cc2)nc(Nc2ccc3c(c2)OCO3)n1. The molecule has 0 fully saturated rings. The third-order valence-corrected chi connectivity index (χ3v) is 4.08. The van der Waals surface area contributed by atoms with Gasteiger partial charge in [0.25, 0.3) is 5.91 Å². The Morgan fingerprint density at radius 2 is 1.86 bits per heavy atom. The highest BCUT2D eigenvalue weighted by molar-refractivity contribution is 5.92. The van der Waals surface area contributed by atoms with Crippen molar-refractivity contribution in [3.05, 3.63) is 71.3 Å². The number of carbonyl (C=O) groups excluding carboxylic acids is 1. The fourth-order valence-corrected chi connectivity index (χ4v) is 2.72. The van der Waals surface area contributed by atoms with Crippen molar-refractivity contribution in [1.82, 2.24) is 15.3 Å². The summed E-state index contributed by atoms with van der Waals surface area (Å²) < 4.78 is 23.6. The third-order valence-electron chi connectivity index (χ3n) is 4.08. The number of anilines is 2. The van der Waals surface area contributed by atoms with Crippen molar-refractivity contribution in [2.24, 2.45) is 0 Å². The Kier molecular flexibility index (Phi) is 4.76. The zero-order valence-corrected chi connectivity index (χ0v) is 15.0. The molecule has 2 heterocycles. The number of hydrogen-bond donors (Lipinski definition) is 2. The number of hydrogen-bond acceptors (Lipinski definition) is 6. The minimum atomic E-state index is -0.344. The average Bonchev–Trinajstić information content (AvgIpc) is 3.14. The lowest BCUT2D eigenvalue weighted by Crippen LogP contribution is -2.24. The van der Waals surface area contributed by atoms with Crippen LogP contribution in [0.2, 0.25) is 0 Å². The first-order valence-corrected chi connectivity index (χ1v) is 8.62. The van der Waals surface area contributed by atoms with E-state index in [1.165, 1.54) is 12.1 Å². The second-order valence-corrected chi connectivity index (χ2v) is 6.22. The summed E-state index contributed by atoms with van der Waals surface area (Å²) in [5.74, 6) is 0.946. The number of aromatic nitrogens is 2. The van der Waals surface area contributed by atoms with E-state index in [4.69, 9.17) is 9.47 Å². The van der Waals surface area contributed by atoms with Crippen molar-refractivity contribution in [3.63, 3.8) is 0 Å². The molecule has 7 nitrogen and oxygen atoms in total. The molecular weight excluding hydrogens is 363 g/mol. The normalized spacial score (nSPS) is 11.9. The van der Waals surface area contributed by atoms with Gasteiger partial charge in [-0.25, -0.2) is 14.4 Å². The van der Waals surface area contributed by atoms with Crippen molar-refractivity contribution in [2.45, 2.75) is 13.5 Å². The van der Waals surface area contributed by atoms with Crippen LogP contribution in [0.5, 0.6) is 11.5 Å². The van der Waals surface area contributed by atoms with Gasteiger partial charge in [-0.3, -0.25) is 4.79 Å². The molecular formula is C20H17FN4O3. The van der Waals surface area contributed by atoms with E-state index in [0.717, 1.165) is 5.56 Å². The molecule has 28 heavy (non-hydrogen) atoms. The molecule has 142 valence electrons. The summed E-state index contributed by atoms with van der Waals surface area (Å²) in [7, 11) is 0. The number of amides is 1. The minimum absolute atomic E-state index is 0.193. The Labute approximate surface area is 160 Å². The number of aryl methyl sites for hydroxylation is 1. The highest BCUT2D eigenvalue weighted by atomic mass is 19.1. The van der Waals surface area contributed by atoms with E-state index in [0.29, 0.717) is 28.8 Å². The van der Waals surface area contributed by atoms with Gasteiger partial charge in [0.1, 0.15) is 11.5 Å². The van der Waals surface area contributed by atoms with Gasteiger partial charge < -0.3 is 20.1 Å². The van der Waals surface area contributed by atoms with E-state index >= 15 is 0 Å². The Morgan fingerprint density at radius 1 is 1.07 bits per heavy atom. The van der Waals surface area contributed by atoms with Gasteiger partial charge in [-0.2, -0.15) is 0 Å². The van der Waals surface area contributed by atoms with E-state index in [2.05, 4.69) is 20.6 Å². The lowest BCUT2D eigenvalue weighted by atomic mass is 10.2. The summed E-state index contributed by atoms with van der Waals surface area (Å²) in [5.41, 5.74) is 2.38. The van der Waals surface area contributed by atoms with Crippen LogP contribution in [0.1, 0.15) is 21.7 Å². The number of carbonyl (C=O) groups is 1. The molecule has 1 aliphatic rings. The summed E-state index contributed by atoms with van der Waals surface area (Å²) in [5, 5.41) is 5.84. The summed E-state index contributed by atoms with van der Waals surface area (Å²) in [6.07, 6.45) is 0. The summed E-state index contributed by atoms with van der Waals surface area (Å²) >= 11 is 0. The summed E-state index contributed by atoms with van der Waals surface area (Å²) in [6.45, 7) is 2.24. The maximum Gasteiger partial charge on any atom is 0.270 e. The molecule has 0 saturated carbocycles. The fourth-order valence-electron chi connectivity index (χ4n) is 2.72. The smallest absolute Gasteiger partial charge is 0.270 e. The van der Waals surface area contributed by atoms with Crippen LogP contribution in [-0.4, -0.2) is 22.7 Å². The second-order valence-electron chi connectivity index (χ2n) is 6.22. The van der Waals surface area contributed by atoms with Gasteiger partial charge in [-0.1, -0.05) is 12.1 Å². The lowest BCUT2D eigenvalue weighted by Gasteiger charge is -2.09. The molecule has 2 aromatic carbocycles. The largest absolute Gasteiger partial charge is 0.454 e. The van der Waals surface area contributed by atoms with Crippen molar-refractivity contribution >= 4 is 17.5 Å². The van der Waals surface area contributed by atoms with Gasteiger partial charge in [0.15, 0.2) is 11.5 Å². The van der Waals surface area contributed by atoms with Gasteiger partial charge in [-0.05, 0) is 42.8 Å². The van der Waals surface area contributed by atoms with E-state index in [-0.39, 0.29) is 30.8 Å². The van der Waals surface area contributed by atoms with Crippen LogP contribution in [0.3, 0.4) is 0 Å². The second kappa shape index (κ2) is 7.51. The van der Waals surface area contributed by atoms with Crippen LogP contribution >= 0.6 is 0 Å². The zero-order valence-electron chi connectivity index (χ0n) is 15.0. The third kappa shape index (κ3) is 4.01. The first-order valence-electron chi connectivity index (χ1n) is 8.62. The number of ether oxygens (including phenoxy) is 2. The predicted octanol–water partition coefficient (Wildman–Crippen LogP) is 3.33. The van der Waals surface area contributed by atoms with Gasteiger partial charge >= 0.3 is 0 Å². The molecule has 4 rings (SSSR count). The molecule has 0 unspecified atom stereocenters. The molecule has 2 N–H and O–H groups in total. The quantitative estimate of drug-likeness (QED) is 0.706. The maximum atomic E-state index is 13.0. The monoisotopic (exact) mass is 380 g/mol. The lowest BCUT2D eigenvalue weighted by molar-refractivity contribution is 0.0945. The Morgan fingerprint density at radius 3 is 2.68 bits per heavy atom. The Hall–Kier alpha value is -3.68. The highest BCUT2D eigenvalue weighted by Crippen LogP contribution is 2.34. The fraction of sp³-hybridized carbons (Fsp3) is 0.150. The molecule has 3 aromatic rings. The van der Waals surface area contributed by atoms with Gasteiger partial charge in [0.2, 0.25) is 12.7 Å². The van der Waals surface area contributed by atoms with E-state index in [1.54, 1.807) is 37.3 Å². The maximum absolute atomic E-state index is 13.0. The number of nitrogens with zero attached hydrogens (tertiary/aromatic N) is 2. The molecule has 0 bridgehead atoms.